The third kappa shape index (κ3) is 2.43. The SMILES string of the molecule is NC1(c2noc(-c3cc(F)ccc3Cl)n2)CCCCC1. The van der Waals surface area contributed by atoms with E-state index in [-0.39, 0.29) is 5.89 Å². The van der Waals surface area contributed by atoms with Gasteiger partial charge in [0.15, 0.2) is 5.82 Å². The number of halogens is 2. The summed E-state index contributed by atoms with van der Waals surface area (Å²) < 4.78 is 18.5. The van der Waals surface area contributed by atoms with Gasteiger partial charge in [-0.15, -0.1) is 0 Å². The fourth-order valence-corrected chi connectivity index (χ4v) is 2.80. The number of benzene rings is 1. The van der Waals surface area contributed by atoms with Gasteiger partial charge in [0.1, 0.15) is 5.82 Å². The Morgan fingerprint density at radius 3 is 2.75 bits per heavy atom. The van der Waals surface area contributed by atoms with Crippen molar-refractivity contribution in [2.45, 2.75) is 37.6 Å². The fourth-order valence-electron chi connectivity index (χ4n) is 2.60. The lowest BCUT2D eigenvalue weighted by atomic mass is 9.82. The van der Waals surface area contributed by atoms with Crippen LogP contribution in [0.3, 0.4) is 0 Å². The molecule has 0 saturated heterocycles. The molecule has 1 saturated carbocycles. The summed E-state index contributed by atoms with van der Waals surface area (Å²) in [7, 11) is 0. The maximum Gasteiger partial charge on any atom is 0.259 e. The average molecular weight is 296 g/mol. The van der Waals surface area contributed by atoms with Crippen LogP contribution < -0.4 is 5.73 Å². The lowest BCUT2D eigenvalue weighted by Gasteiger charge is -2.29. The summed E-state index contributed by atoms with van der Waals surface area (Å²) in [6, 6.07) is 4.03. The third-order valence-electron chi connectivity index (χ3n) is 3.78. The molecule has 0 unspecified atom stereocenters. The summed E-state index contributed by atoms with van der Waals surface area (Å²) in [6.45, 7) is 0. The zero-order chi connectivity index (χ0) is 14.2. The minimum absolute atomic E-state index is 0.208. The standard InChI is InChI=1S/C14H15ClFN3O/c15-11-5-4-9(16)8-10(11)12-18-13(19-20-12)14(17)6-2-1-3-7-14/h4-5,8H,1-3,6-7,17H2. The van der Waals surface area contributed by atoms with E-state index in [9.17, 15) is 4.39 Å². The molecule has 106 valence electrons. The highest BCUT2D eigenvalue weighted by molar-refractivity contribution is 6.33. The minimum atomic E-state index is -0.542. The van der Waals surface area contributed by atoms with E-state index in [1.165, 1.54) is 24.6 Å². The van der Waals surface area contributed by atoms with Gasteiger partial charge in [-0.2, -0.15) is 4.98 Å². The van der Waals surface area contributed by atoms with Crippen LogP contribution in [0, 0.1) is 5.82 Å². The van der Waals surface area contributed by atoms with Crippen molar-refractivity contribution in [3.05, 3.63) is 34.9 Å². The van der Waals surface area contributed by atoms with Crippen molar-refractivity contribution >= 4 is 11.6 Å². The summed E-state index contributed by atoms with van der Waals surface area (Å²) in [5.41, 5.74) is 6.20. The van der Waals surface area contributed by atoms with Gasteiger partial charge >= 0.3 is 0 Å². The molecule has 1 heterocycles. The maximum absolute atomic E-state index is 13.3. The van der Waals surface area contributed by atoms with Crippen LogP contribution in [0.25, 0.3) is 11.5 Å². The van der Waals surface area contributed by atoms with Crippen LogP contribution in [0.15, 0.2) is 22.7 Å². The Balaban J connectivity index is 1.95. The Labute approximate surface area is 121 Å². The van der Waals surface area contributed by atoms with Crippen molar-refractivity contribution in [1.29, 1.82) is 0 Å². The van der Waals surface area contributed by atoms with Gasteiger partial charge < -0.3 is 10.3 Å². The van der Waals surface area contributed by atoms with Gasteiger partial charge in [-0.3, -0.25) is 0 Å². The predicted molar refractivity (Wildman–Crippen MR) is 73.7 cm³/mol. The molecule has 4 nitrogen and oxygen atoms in total. The Kier molecular flexibility index (Phi) is 3.48. The molecule has 0 radical (unpaired) electrons. The average Bonchev–Trinajstić information content (AvgIpc) is 2.93. The molecule has 0 aliphatic heterocycles. The van der Waals surface area contributed by atoms with E-state index < -0.39 is 11.4 Å². The molecule has 0 amide bonds. The van der Waals surface area contributed by atoms with E-state index in [1.807, 2.05) is 0 Å². The summed E-state index contributed by atoms with van der Waals surface area (Å²) in [5.74, 6) is 0.289. The topological polar surface area (TPSA) is 64.9 Å². The van der Waals surface area contributed by atoms with Crippen LogP contribution in [0.5, 0.6) is 0 Å². The van der Waals surface area contributed by atoms with Crippen molar-refractivity contribution in [3.63, 3.8) is 0 Å². The lowest BCUT2D eigenvalue weighted by Crippen LogP contribution is -2.39. The highest BCUT2D eigenvalue weighted by Gasteiger charge is 2.34. The Hall–Kier alpha value is -1.46. The highest BCUT2D eigenvalue weighted by Crippen LogP contribution is 2.35. The maximum atomic E-state index is 13.3. The second-order valence-electron chi connectivity index (χ2n) is 5.26. The van der Waals surface area contributed by atoms with Crippen LogP contribution in [0.1, 0.15) is 37.9 Å². The van der Waals surface area contributed by atoms with Gasteiger partial charge in [0, 0.05) is 0 Å². The van der Waals surface area contributed by atoms with Crippen molar-refractivity contribution in [1.82, 2.24) is 10.1 Å². The first kappa shape index (κ1) is 13.5. The molecular formula is C14H15ClFN3O. The largest absolute Gasteiger partial charge is 0.334 e. The molecule has 2 N–H and O–H groups in total. The van der Waals surface area contributed by atoms with Gasteiger partial charge in [0.25, 0.3) is 5.89 Å². The van der Waals surface area contributed by atoms with Crippen LogP contribution in [-0.4, -0.2) is 10.1 Å². The molecule has 1 aromatic heterocycles. The lowest BCUT2D eigenvalue weighted by molar-refractivity contribution is 0.275. The number of nitrogens with two attached hydrogens (primary N) is 1. The summed E-state index contributed by atoms with van der Waals surface area (Å²) in [6.07, 6.45) is 4.97. The van der Waals surface area contributed by atoms with Crippen molar-refractivity contribution in [2.24, 2.45) is 5.73 Å². The Bertz CT molecular complexity index is 623. The monoisotopic (exact) mass is 295 g/mol. The highest BCUT2D eigenvalue weighted by atomic mass is 35.5. The number of hydrogen-bond donors (Lipinski definition) is 1. The van der Waals surface area contributed by atoms with Crippen molar-refractivity contribution in [3.8, 4) is 11.5 Å². The molecule has 1 fully saturated rings. The summed E-state index contributed by atoms with van der Waals surface area (Å²) in [5, 5.41) is 4.34. The Morgan fingerprint density at radius 2 is 2.00 bits per heavy atom. The smallest absolute Gasteiger partial charge is 0.259 e. The number of rotatable bonds is 2. The van der Waals surface area contributed by atoms with Crippen LogP contribution in [0.4, 0.5) is 4.39 Å². The van der Waals surface area contributed by atoms with Crippen LogP contribution in [0.2, 0.25) is 5.02 Å². The zero-order valence-electron chi connectivity index (χ0n) is 10.9. The molecule has 1 aliphatic rings. The molecule has 20 heavy (non-hydrogen) atoms. The fraction of sp³-hybridized carbons (Fsp3) is 0.429. The van der Waals surface area contributed by atoms with Gasteiger partial charge in [0.05, 0.1) is 16.1 Å². The number of nitrogens with zero attached hydrogens (tertiary/aromatic N) is 2. The zero-order valence-corrected chi connectivity index (χ0v) is 11.7. The number of aromatic nitrogens is 2. The quantitative estimate of drug-likeness (QED) is 0.918. The molecular weight excluding hydrogens is 281 g/mol. The van der Waals surface area contributed by atoms with Gasteiger partial charge in [0.2, 0.25) is 0 Å². The first-order chi connectivity index (χ1) is 9.58. The van der Waals surface area contributed by atoms with E-state index in [0.717, 1.165) is 25.7 Å². The molecule has 3 rings (SSSR count). The van der Waals surface area contributed by atoms with Crippen molar-refractivity contribution in [2.75, 3.05) is 0 Å². The first-order valence-corrected chi connectivity index (χ1v) is 7.05. The summed E-state index contributed by atoms with van der Waals surface area (Å²) >= 11 is 6.03. The van der Waals surface area contributed by atoms with Gasteiger partial charge in [-0.1, -0.05) is 36.0 Å². The van der Waals surface area contributed by atoms with E-state index >= 15 is 0 Å². The van der Waals surface area contributed by atoms with E-state index in [4.69, 9.17) is 21.9 Å². The minimum Gasteiger partial charge on any atom is -0.334 e. The van der Waals surface area contributed by atoms with Crippen molar-refractivity contribution < 1.29 is 8.91 Å². The normalized spacial score (nSPS) is 18.1. The second kappa shape index (κ2) is 5.14. The molecule has 1 aliphatic carbocycles. The van der Waals surface area contributed by atoms with Gasteiger partial charge in [-0.05, 0) is 31.0 Å². The molecule has 0 spiro atoms. The second-order valence-corrected chi connectivity index (χ2v) is 5.67. The van der Waals surface area contributed by atoms with Crippen LogP contribution in [-0.2, 0) is 5.54 Å². The summed E-state index contributed by atoms with van der Waals surface area (Å²) in [4.78, 5) is 4.32. The van der Waals surface area contributed by atoms with E-state index in [2.05, 4.69) is 10.1 Å². The van der Waals surface area contributed by atoms with E-state index in [1.54, 1.807) is 0 Å². The molecule has 2 aromatic rings. The third-order valence-corrected chi connectivity index (χ3v) is 4.11. The molecule has 0 atom stereocenters. The Morgan fingerprint density at radius 1 is 1.25 bits per heavy atom. The molecule has 1 aromatic carbocycles. The number of hydrogen-bond acceptors (Lipinski definition) is 4. The van der Waals surface area contributed by atoms with E-state index in [0.29, 0.717) is 16.4 Å². The predicted octanol–water partition coefficient (Wildman–Crippen LogP) is 3.65. The molecule has 6 heteroatoms. The van der Waals surface area contributed by atoms with Crippen LogP contribution >= 0.6 is 11.6 Å². The van der Waals surface area contributed by atoms with Gasteiger partial charge in [-0.25, -0.2) is 4.39 Å². The first-order valence-electron chi connectivity index (χ1n) is 6.67. The molecule has 0 bridgehead atoms.